The summed E-state index contributed by atoms with van der Waals surface area (Å²) in [6.07, 6.45) is 3.31. The Kier molecular flexibility index (Phi) is 6.46. The van der Waals surface area contributed by atoms with Crippen LogP contribution in [0, 0.1) is 23.2 Å². The third-order valence-electron chi connectivity index (χ3n) is 6.38. The van der Waals surface area contributed by atoms with Crippen molar-refractivity contribution in [2.45, 2.75) is 63.6 Å². The molecule has 3 amide bonds. The predicted molar refractivity (Wildman–Crippen MR) is 124 cm³/mol. The van der Waals surface area contributed by atoms with Gasteiger partial charge < -0.3 is 25.7 Å². The summed E-state index contributed by atoms with van der Waals surface area (Å²) in [6.45, 7) is 3.86. The van der Waals surface area contributed by atoms with Crippen molar-refractivity contribution in [3.63, 3.8) is 0 Å². The summed E-state index contributed by atoms with van der Waals surface area (Å²) in [5.41, 5.74) is 0.847. The third kappa shape index (κ3) is 5.30. The van der Waals surface area contributed by atoms with Gasteiger partial charge in [0.2, 0.25) is 11.8 Å². The number of H-pyrrole nitrogens is 1. The van der Waals surface area contributed by atoms with Crippen molar-refractivity contribution in [1.29, 1.82) is 5.26 Å². The Morgan fingerprint density at radius 1 is 1.29 bits per heavy atom. The first kappa shape index (κ1) is 23.5. The van der Waals surface area contributed by atoms with Gasteiger partial charge in [0.15, 0.2) is 5.82 Å². The molecule has 3 atom stereocenters. The van der Waals surface area contributed by atoms with Gasteiger partial charge in [-0.3, -0.25) is 14.4 Å². The SMILES string of the molecule is COc1cccc2[nH]c(C(=O)NC(CC3CC3)C(=O)NC(C#N)CC3CC(C)(C)NC3=O)nc12. The van der Waals surface area contributed by atoms with Crippen molar-refractivity contribution in [2.75, 3.05) is 7.11 Å². The topological polar surface area (TPSA) is 149 Å². The van der Waals surface area contributed by atoms with Gasteiger partial charge in [-0.1, -0.05) is 18.9 Å². The number of carbonyl (C=O) groups excluding carboxylic acids is 3. The number of aromatic nitrogens is 2. The van der Waals surface area contributed by atoms with E-state index in [1.807, 2.05) is 13.8 Å². The molecule has 10 nitrogen and oxygen atoms in total. The lowest BCUT2D eigenvalue weighted by atomic mass is 9.92. The highest BCUT2D eigenvalue weighted by Gasteiger charge is 2.39. The van der Waals surface area contributed by atoms with Crippen molar-refractivity contribution >= 4 is 28.8 Å². The number of methoxy groups -OCH3 is 1. The second kappa shape index (κ2) is 9.33. The molecule has 1 saturated heterocycles. The molecule has 0 radical (unpaired) electrons. The fraction of sp³-hybridized carbons (Fsp3) is 0.542. The summed E-state index contributed by atoms with van der Waals surface area (Å²) in [5, 5.41) is 18.0. The molecule has 2 aromatic rings. The zero-order valence-electron chi connectivity index (χ0n) is 19.6. The number of ether oxygens (including phenoxy) is 1. The molecule has 1 saturated carbocycles. The zero-order chi connectivity index (χ0) is 24.5. The minimum absolute atomic E-state index is 0.0785. The van der Waals surface area contributed by atoms with Gasteiger partial charge in [0.25, 0.3) is 5.91 Å². The number of benzene rings is 1. The van der Waals surface area contributed by atoms with Crippen LogP contribution >= 0.6 is 0 Å². The van der Waals surface area contributed by atoms with Crippen molar-refractivity contribution in [1.82, 2.24) is 25.9 Å². The van der Waals surface area contributed by atoms with E-state index in [0.717, 1.165) is 12.8 Å². The average Bonchev–Trinajstić information content (AvgIpc) is 3.42. The van der Waals surface area contributed by atoms with Crippen molar-refractivity contribution < 1.29 is 19.1 Å². The first-order valence-electron chi connectivity index (χ1n) is 11.5. The second-order valence-electron chi connectivity index (χ2n) is 9.85. The molecule has 2 aliphatic rings. The van der Waals surface area contributed by atoms with E-state index in [-0.39, 0.29) is 29.6 Å². The second-order valence-corrected chi connectivity index (χ2v) is 9.85. The van der Waals surface area contributed by atoms with E-state index in [1.165, 1.54) is 7.11 Å². The van der Waals surface area contributed by atoms with Crippen LogP contribution in [0.5, 0.6) is 5.75 Å². The molecule has 0 spiro atoms. The van der Waals surface area contributed by atoms with Crippen LogP contribution in [-0.2, 0) is 9.59 Å². The largest absolute Gasteiger partial charge is 0.494 e. The number of rotatable bonds is 9. The lowest BCUT2D eigenvalue weighted by molar-refractivity contribution is -0.125. The lowest BCUT2D eigenvalue weighted by Crippen LogP contribution is -2.50. The van der Waals surface area contributed by atoms with Crippen LogP contribution in [0.1, 0.15) is 56.6 Å². The highest BCUT2D eigenvalue weighted by atomic mass is 16.5. The number of nitriles is 1. The smallest absolute Gasteiger partial charge is 0.287 e. The summed E-state index contributed by atoms with van der Waals surface area (Å²) in [5.74, 6) is -0.424. The Bertz CT molecular complexity index is 1150. The Balaban J connectivity index is 1.44. The van der Waals surface area contributed by atoms with Gasteiger partial charge >= 0.3 is 0 Å². The summed E-state index contributed by atoms with van der Waals surface area (Å²) in [4.78, 5) is 45.5. The minimum atomic E-state index is -0.828. The minimum Gasteiger partial charge on any atom is -0.494 e. The maximum Gasteiger partial charge on any atom is 0.287 e. The average molecular weight is 467 g/mol. The van der Waals surface area contributed by atoms with Gasteiger partial charge in [0.05, 0.1) is 18.7 Å². The van der Waals surface area contributed by atoms with Crippen molar-refractivity contribution in [2.24, 2.45) is 11.8 Å². The van der Waals surface area contributed by atoms with Crippen molar-refractivity contribution in [3.8, 4) is 11.8 Å². The van der Waals surface area contributed by atoms with Crippen LogP contribution in [0.25, 0.3) is 11.0 Å². The number of fused-ring (bicyclic) bond motifs is 1. The van der Waals surface area contributed by atoms with Gasteiger partial charge in [0.1, 0.15) is 23.3 Å². The number of hydrogen-bond donors (Lipinski definition) is 4. The molecular formula is C24H30N6O4. The fourth-order valence-electron chi connectivity index (χ4n) is 4.51. The molecule has 10 heteroatoms. The van der Waals surface area contributed by atoms with Gasteiger partial charge in [-0.2, -0.15) is 5.26 Å². The lowest BCUT2D eigenvalue weighted by Gasteiger charge is -2.21. The first-order valence-corrected chi connectivity index (χ1v) is 11.5. The Hall–Kier alpha value is -3.61. The quantitative estimate of drug-likeness (QED) is 0.443. The van der Waals surface area contributed by atoms with Crippen LogP contribution < -0.4 is 20.7 Å². The van der Waals surface area contributed by atoms with E-state index in [9.17, 15) is 19.6 Å². The van der Waals surface area contributed by atoms with Crippen LogP contribution in [0.3, 0.4) is 0 Å². The van der Waals surface area contributed by atoms with E-state index in [4.69, 9.17) is 4.74 Å². The van der Waals surface area contributed by atoms with E-state index < -0.39 is 23.9 Å². The summed E-state index contributed by atoms with van der Waals surface area (Å²) >= 11 is 0. The highest BCUT2D eigenvalue weighted by Crippen LogP contribution is 2.34. The molecule has 1 aromatic heterocycles. The molecule has 34 heavy (non-hydrogen) atoms. The number of carbonyl (C=O) groups is 3. The predicted octanol–water partition coefficient (Wildman–Crippen LogP) is 1.78. The standard InChI is InChI=1S/C24H30N6O4/c1-24(2)11-14(21(31)30-24)10-15(12-25)26-22(32)17(9-13-7-8-13)28-23(33)20-27-16-5-4-6-18(34-3)19(16)29-20/h4-6,13-15,17H,7-11H2,1-3H3,(H,26,32)(H,27,29)(H,28,33)(H,30,31). The van der Waals surface area contributed by atoms with E-state index in [0.29, 0.717) is 35.5 Å². The van der Waals surface area contributed by atoms with Gasteiger partial charge in [-0.05, 0) is 51.2 Å². The molecule has 4 rings (SSSR count). The first-order chi connectivity index (χ1) is 16.2. The maximum absolute atomic E-state index is 13.1. The normalized spacial score (nSPS) is 20.8. The number of nitrogens with zero attached hydrogens (tertiary/aromatic N) is 2. The summed E-state index contributed by atoms with van der Waals surface area (Å²) in [6, 6.07) is 5.78. The maximum atomic E-state index is 13.1. The molecule has 1 aliphatic carbocycles. The molecule has 1 aromatic carbocycles. The Morgan fingerprint density at radius 3 is 2.68 bits per heavy atom. The van der Waals surface area contributed by atoms with Gasteiger partial charge in [0, 0.05) is 11.5 Å². The molecule has 0 bridgehead atoms. The number of nitrogens with one attached hydrogen (secondary N) is 4. The van der Waals surface area contributed by atoms with Crippen LogP contribution in [0.4, 0.5) is 0 Å². The number of imidazole rings is 1. The van der Waals surface area contributed by atoms with Crippen molar-refractivity contribution in [3.05, 3.63) is 24.0 Å². The van der Waals surface area contributed by atoms with Crippen LogP contribution in [0.2, 0.25) is 0 Å². The fourth-order valence-corrected chi connectivity index (χ4v) is 4.51. The highest BCUT2D eigenvalue weighted by molar-refractivity contribution is 5.98. The molecule has 180 valence electrons. The zero-order valence-corrected chi connectivity index (χ0v) is 19.6. The summed E-state index contributed by atoms with van der Waals surface area (Å²) < 4.78 is 5.29. The molecule has 2 fully saturated rings. The molecule has 2 heterocycles. The third-order valence-corrected chi connectivity index (χ3v) is 6.38. The number of para-hydroxylation sites is 1. The van der Waals surface area contributed by atoms with E-state index in [1.54, 1.807) is 18.2 Å². The Labute approximate surface area is 197 Å². The van der Waals surface area contributed by atoms with E-state index in [2.05, 4.69) is 32.0 Å². The van der Waals surface area contributed by atoms with Gasteiger partial charge in [-0.15, -0.1) is 0 Å². The van der Waals surface area contributed by atoms with E-state index >= 15 is 0 Å². The van der Waals surface area contributed by atoms with Crippen LogP contribution in [-0.4, -0.2) is 52.4 Å². The van der Waals surface area contributed by atoms with Gasteiger partial charge in [-0.25, -0.2) is 4.98 Å². The molecular weight excluding hydrogens is 436 g/mol. The molecule has 1 aliphatic heterocycles. The monoisotopic (exact) mass is 466 g/mol. The number of amides is 3. The molecule has 4 N–H and O–H groups in total. The van der Waals surface area contributed by atoms with Crippen LogP contribution in [0.15, 0.2) is 18.2 Å². The molecule has 3 unspecified atom stereocenters. The summed E-state index contributed by atoms with van der Waals surface area (Å²) in [7, 11) is 1.53. The number of aromatic amines is 1. The Morgan fingerprint density at radius 2 is 2.06 bits per heavy atom. The number of hydrogen-bond acceptors (Lipinski definition) is 6.